The van der Waals surface area contributed by atoms with Crippen molar-refractivity contribution in [3.05, 3.63) is 82.4 Å². The van der Waals surface area contributed by atoms with Crippen molar-refractivity contribution in [1.82, 2.24) is 0 Å². The number of hydrogen-bond acceptors (Lipinski definition) is 0. The van der Waals surface area contributed by atoms with Crippen LogP contribution in [0.5, 0.6) is 0 Å². The van der Waals surface area contributed by atoms with E-state index in [4.69, 9.17) is 0 Å². The Bertz CT molecular complexity index is 1010. The Labute approximate surface area is 168 Å². The van der Waals surface area contributed by atoms with Crippen molar-refractivity contribution in [2.24, 2.45) is 0 Å². The van der Waals surface area contributed by atoms with Crippen molar-refractivity contribution in [2.45, 2.75) is 57.3 Å². The fourth-order valence-electron chi connectivity index (χ4n) is 4.71. The number of benzene rings is 3. The first kappa shape index (κ1) is 19.9. The van der Waals surface area contributed by atoms with Crippen molar-refractivity contribution in [2.75, 3.05) is 0 Å². The van der Waals surface area contributed by atoms with E-state index in [9.17, 15) is 17.6 Å². The van der Waals surface area contributed by atoms with Crippen LogP contribution in [0, 0.1) is 23.3 Å². The molecule has 0 unspecified atom stereocenters. The van der Waals surface area contributed by atoms with E-state index in [1.807, 2.05) is 19.1 Å². The summed E-state index contributed by atoms with van der Waals surface area (Å²) in [6.07, 6.45) is 4.58. The molecule has 0 saturated heterocycles. The molecule has 1 saturated carbocycles. The molecule has 0 radical (unpaired) electrons. The summed E-state index contributed by atoms with van der Waals surface area (Å²) < 4.78 is 56.5. The highest BCUT2D eigenvalue weighted by molar-refractivity contribution is 5.84. The van der Waals surface area contributed by atoms with Crippen LogP contribution in [0.15, 0.2) is 42.5 Å². The van der Waals surface area contributed by atoms with Crippen LogP contribution in [0.3, 0.4) is 0 Å². The highest BCUT2D eigenvalue weighted by Gasteiger charge is 2.28. The molecule has 3 aromatic rings. The van der Waals surface area contributed by atoms with Crippen LogP contribution in [-0.4, -0.2) is 0 Å². The molecule has 0 heterocycles. The maximum absolute atomic E-state index is 14.6. The monoisotopic (exact) mass is 400 g/mol. The summed E-state index contributed by atoms with van der Waals surface area (Å²) in [6.45, 7) is 1.99. The fourth-order valence-corrected chi connectivity index (χ4v) is 4.71. The summed E-state index contributed by atoms with van der Waals surface area (Å²) in [5.74, 6) is -2.39. The van der Waals surface area contributed by atoms with E-state index in [1.54, 1.807) is 12.1 Å². The van der Waals surface area contributed by atoms with Gasteiger partial charge in [0.25, 0.3) is 0 Å². The minimum absolute atomic E-state index is 0.117. The molecule has 4 rings (SSSR count). The van der Waals surface area contributed by atoms with Gasteiger partial charge in [0.15, 0.2) is 11.6 Å². The topological polar surface area (TPSA) is 0 Å². The zero-order chi connectivity index (χ0) is 20.5. The van der Waals surface area contributed by atoms with Gasteiger partial charge in [0, 0.05) is 10.9 Å². The molecule has 3 aromatic carbocycles. The van der Waals surface area contributed by atoms with Gasteiger partial charge in [0.1, 0.15) is 11.6 Å². The molecule has 29 heavy (non-hydrogen) atoms. The molecule has 0 N–H and O–H groups in total. The van der Waals surface area contributed by atoms with Gasteiger partial charge < -0.3 is 0 Å². The van der Waals surface area contributed by atoms with Crippen LogP contribution in [0.4, 0.5) is 17.6 Å². The maximum Gasteiger partial charge on any atom is 0.166 e. The third-order valence-electron chi connectivity index (χ3n) is 6.22. The number of halogens is 4. The van der Waals surface area contributed by atoms with Crippen LogP contribution in [0.25, 0.3) is 10.8 Å². The Balaban J connectivity index is 1.51. The van der Waals surface area contributed by atoms with Crippen LogP contribution < -0.4 is 0 Å². The number of aryl methyl sites for hydroxylation is 1. The van der Waals surface area contributed by atoms with Gasteiger partial charge in [-0.25, -0.2) is 17.6 Å². The van der Waals surface area contributed by atoms with Gasteiger partial charge in [-0.1, -0.05) is 37.6 Å². The Kier molecular flexibility index (Phi) is 5.62. The minimum atomic E-state index is -0.847. The van der Waals surface area contributed by atoms with Crippen molar-refractivity contribution in [3.63, 3.8) is 0 Å². The van der Waals surface area contributed by atoms with Gasteiger partial charge in [-0.3, -0.25) is 0 Å². The Morgan fingerprint density at radius 3 is 2.07 bits per heavy atom. The molecule has 0 aromatic heterocycles. The molecule has 0 atom stereocenters. The summed E-state index contributed by atoms with van der Waals surface area (Å²) in [5.41, 5.74) is 2.00. The van der Waals surface area contributed by atoms with E-state index in [-0.39, 0.29) is 22.8 Å². The van der Waals surface area contributed by atoms with E-state index < -0.39 is 23.3 Å². The molecule has 0 amide bonds. The predicted molar refractivity (Wildman–Crippen MR) is 108 cm³/mol. The lowest BCUT2D eigenvalue weighted by atomic mass is 9.75. The van der Waals surface area contributed by atoms with E-state index >= 15 is 0 Å². The van der Waals surface area contributed by atoms with Gasteiger partial charge in [-0.15, -0.1) is 0 Å². The lowest BCUT2D eigenvalue weighted by Gasteiger charge is -2.30. The first-order valence-electron chi connectivity index (χ1n) is 10.3. The van der Waals surface area contributed by atoms with Gasteiger partial charge in [0.05, 0.1) is 0 Å². The van der Waals surface area contributed by atoms with Crippen molar-refractivity contribution >= 4 is 10.8 Å². The second-order valence-corrected chi connectivity index (χ2v) is 8.11. The second-order valence-electron chi connectivity index (χ2n) is 8.11. The van der Waals surface area contributed by atoms with E-state index in [0.717, 1.165) is 30.9 Å². The smallest absolute Gasteiger partial charge is 0.166 e. The minimum Gasteiger partial charge on any atom is -0.207 e. The predicted octanol–water partition coefficient (Wildman–Crippen LogP) is 7.79. The van der Waals surface area contributed by atoms with E-state index in [2.05, 4.69) is 0 Å². The third kappa shape index (κ3) is 3.90. The van der Waals surface area contributed by atoms with Crippen molar-refractivity contribution in [3.8, 4) is 0 Å². The Morgan fingerprint density at radius 2 is 1.41 bits per heavy atom. The molecule has 0 aliphatic heterocycles. The highest BCUT2D eigenvalue weighted by Crippen LogP contribution is 2.42. The molecule has 152 valence electrons. The number of fused-ring (bicyclic) bond motifs is 1. The summed E-state index contributed by atoms with van der Waals surface area (Å²) in [5, 5.41) is 0.950. The van der Waals surface area contributed by atoms with Crippen LogP contribution in [0.2, 0.25) is 0 Å². The van der Waals surface area contributed by atoms with Crippen LogP contribution >= 0.6 is 0 Å². The molecular weight excluding hydrogens is 376 g/mol. The maximum atomic E-state index is 14.6. The lowest BCUT2D eigenvalue weighted by Crippen LogP contribution is -2.15. The number of hydrogen-bond donors (Lipinski definition) is 0. The van der Waals surface area contributed by atoms with Gasteiger partial charge in [-0.05, 0) is 78.7 Å². The average Bonchev–Trinajstić information content (AvgIpc) is 2.71. The molecule has 1 aliphatic carbocycles. The largest absolute Gasteiger partial charge is 0.207 e. The second kappa shape index (κ2) is 8.17. The molecule has 0 spiro atoms. The first-order chi connectivity index (χ1) is 14.0. The normalized spacial score (nSPS) is 19.6. The summed E-state index contributed by atoms with van der Waals surface area (Å²) >= 11 is 0. The van der Waals surface area contributed by atoms with Gasteiger partial charge in [0.2, 0.25) is 0 Å². The van der Waals surface area contributed by atoms with Gasteiger partial charge in [-0.2, -0.15) is 0 Å². The zero-order valence-electron chi connectivity index (χ0n) is 16.5. The van der Waals surface area contributed by atoms with Gasteiger partial charge >= 0.3 is 0 Å². The molecule has 1 aliphatic rings. The van der Waals surface area contributed by atoms with Crippen molar-refractivity contribution in [1.29, 1.82) is 0 Å². The Hall–Kier alpha value is -2.36. The van der Waals surface area contributed by atoms with E-state index in [0.29, 0.717) is 30.2 Å². The van der Waals surface area contributed by atoms with Crippen LogP contribution in [-0.2, 0) is 6.42 Å². The SMILES string of the molecule is CCCc1cc(F)c(C2CCC(c3ccc4c(F)c(F)ccc4c3)CC2)c(F)c1. The lowest BCUT2D eigenvalue weighted by molar-refractivity contribution is 0.376. The molecule has 4 heteroatoms. The molecular formula is C25H24F4. The third-order valence-corrected chi connectivity index (χ3v) is 6.22. The number of rotatable bonds is 4. The zero-order valence-corrected chi connectivity index (χ0v) is 16.5. The average molecular weight is 400 g/mol. The van der Waals surface area contributed by atoms with Crippen molar-refractivity contribution < 1.29 is 17.6 Å². The summed E-state index contributed by atoms with van der Waals surface area (Å²) in [4.78, 5) is 0. The van der Waals surface area contributed by atoms with E-state index in [1.165, 1.54) is 12.1 Å². The fraction of sp³-hybridized carbons (Fsp3) is 0.360. The first-order valence-corrected chi connectivity index (χ1v) is 10.3. The Morgan fingerprint density at radius 1 is 0.759 bits per heavy atom. The summed E-state index contributed by atoms with van der Waals surface area (Å²) in [7, 11) is 0. The summed E-state index contributed by atoms with van der Waals surface area (Å²) in [6, 6.07) is 11.1. The quantitative estimate of drug-likeness (QED) is 0.392. The molecule has 0 bridgehead atoms. The molecule has 0 nitrogen and oxygen atoms in total. The highest BCUT2D eigenvalue weighted by atomic mass is 19.2. The standard InChI is InChI=1S/C25H24F4/c1-2-3-15-12-22(27)24(23(28)13-15)17-6-4-16(5-7-17)18-8-10-20-19(14-18)9-11-21(26)25(20)29/h8-14,16-17H,2-7H2,1H3. The molecule has 1 fully saturated rings. The van der Waals surface area contributed by atoms with Crippen LogP contribution in [0.1, 0.15) is 67.6 Å².